The summed E-state index contributed by atoms with van der Waals surface area (Å²) in [6, 6.07) is 5.91. The van der Waals surface area contributed by atoms with Crippen LogP contribution in [-0.4, -0.2) is 27.6 Å². The predicted molar refractivity (Wildman–Crippen MR) is 42.3 cm³/mol. The molecular formula is C9H6CrO4. The van der Waals surface area contributed by atoms with Crippen LogP contribution in [0.4, 0.5) is 0 Å². The van der Waals surface area contributed by atoms with Crippen LogP contribution in [0.5, 0.6) is 0 Å². The molecule has 0 amide bonds. The number of carbonyl (C=O) groups is 2. The number of rotatable bonds is 0. The molecule has 4 nitrogen and oxygen atoms in total. The van der Waals surface area contributed by atoms with Crippen LogP contribution in [0.15, 0.2) is 24.3 Å². The topological polar surface area (TPSA) is 74.6 Å². The third kappa shape index (κ3) is 1.23. The van der Waals surface area contributed by atoms with Crippen molar-refractivity contribution < 1.29 is 37.2 Å². The maximum absolute atomic E-state index is 11.2. The van der Waals surface area contributed by atoms with E-state index in [0.29, 0.717) is 0 Å². The number of Topliss-reactive ketones (excluding diaryl/α,β-unsaturated/α-hetero) is 2. The first-order valence-corrected chi connectivity index (χ1v) is 3.68. The minimum Gasteiger partial charge on any atom is -0.353 e. The predicted octanol–water partition coefficient (Wildman–Crippen LogP) is -0.256. The minimum absolute atomic E-state index is 0. The van der Waals surface area contributed by atoms with Gasteiger partial charge >= 0.3 is 0 Å². The summed E-state index contributed by atoms with van der Waals surface area (Å²) in [5, 5.41) is 18.2. The van der Waals surface area contributed by atoms with E-state index >= 15 is 0 Å². The molecule has 0 saturated heterocycles. The van der Waals surface area contributed by atoms with Gasteiger partial charge in [0.05, 0.1) is 0 Å². The second-order valence-electron chi connectivity index (χ2n) is 2.88. The Kier molecular flexibility index (Phi) is 2.61. The number of ketones is 2. The SMILES string of the molecule is O=C1c2ccccc2C(=O)C1(O)O.[Cr]. The minimum atomic E-state index is -2.86. The number of hydrogen-bond acceptors (Lipinski definition) is 4. The Balaban J connectivity index is 0.000000980. The molecule has 2 N–H and O–H groups in total. The van der Waals surface area contributed by atoms with Crippen molar-refractivity contribution in [2.45, 2.75) is 5.79 Å². The van der Waals surface area contributed by atoms with Crippen LogP contribution in [0.25, 0.3) is 0 Å². The van der Waals surface area contributed by atoms with E-state index in [1.807, 2.05) is 0 Å². The summed E-state index contributed by atoms with van der Waals surface area (Å²) in [5.41, 5.74) is 0.134. The molecule has 5 heteroatoms. The standard InChI is InChI=1S/C9H6O4.Cr/c10-7-5-3-1-2-4-6(5)8(11)9(7,12)13;/h1-4,12-13H;. The van der Waals surface area contributed by atoms with Gasteiger partial charge in [0.2, 0.25) is 11.6 Å². The summed E-state index contributed by atoms with van der Waals surface area (Å²) in [6.45, 7) is 0. The second-order valence-corrected chi connectivity index (χ2v) is 2.88. The summed E-state index contributed by atoms with van der Waals surface area (Å²) in [6.07, 6.45) is 0. The zero-order valence-corrected chi connectivity index (χ0v) is 8.20. The second kappa shape index (κ2) is 3.30. The van der Waals surface area contributed by atoms with Gasteiger partial charge in [0, 0.05) is 28.5 Å². The van der Waals surface area contributed by atoms with Crippen molar-refractivity contribution in [2.24, 2.45) is 0 Å². The van der Waals surface area contributed by atoms with E-state index in [-0.39, 0.29) is 28.5 Å². The van der Waals surface area contributed by atoms with E-state index in [0.717, 1.165) is 0 Å². The summed E-state index contributed by atoms with van der Waals surface area (Å²) in [4.78, 5) is 22.4. The molecule has 0 atom stereocenters. The van der Waals surface area contributed by atoms with Crippen molar-refractivity contribution in [3.05, 3.63) is 35.4 Å². The average Bonchev–Trinajstić information content (AvgIpc) is 2.30. The van der Waals surface area contributed by atoms with Gasteiger partial charge in [-0.15, -0.1) is 0 Å². The fourth-order valence-electron chi connectivity index (χ4n) is 1.36. The molecule has 0 spiro atoms. The van der Waals surface area contributed by atoms with Gasteiger partial charge in [-0.2, -0.15) is 0 Å². The van der Waals surface area contributed by atoms with E-state index in [9.17, 15) is 9.59 Å². The maximum atomic E-state index is 11.2. The number of hydrogen-bond donors (Lipinski definition) is 2. The van der Waals surface area contributed by atoms with Crippen LogP contribution in [0.3, 0.4) is 0 Å². The van der Waals surface area contributed by atoms with E-state index < -0.39 is 17.4 Å². The van der Waals surface area contributed by atoms with Gasteiger partial charge in [-0.05, 0) is 0 Å². The van der Waals surface area contributed by atoms with Crippen molar-refractivity contribution in [1.29, 1.82) is 0 Å². The number of aliphatic hydroxyl groups is 2. The monoisotopic (exact) mass is 230 g/mol. The van der Waals surface area contributed by atoms with Crippen molar-refractivity contribution in [3.63, 3.8) is 0 Å². The summed E-state index contributed by atoms with van der Waals surface area (Å²) in [5.74, 6) is -4.76. The van der Waals surface area contributed by atoms with E-state index in [4.69, 9.17) is 10.2 Å². The summed E-state index contributed by atoms with van der Waals surface area (Å²) in [7, 11) is 0. The molecular weight excluding hydrogens is 224 g/mol. The Morgan fingerprint density at radius 1 is 0.929 bits per heavy atom. The van der Waals surface area contributed by atoms with Crippen LogP contribution < -0.4 is 0 Å². The molecule has 0 saturated carbocycles. The Labute approximate surface area is 90.3 Å². The van der Waals surface area contributed by atoms with Crippen LogP contribution >= 0.6 is 0 Å². The Hall–Kier alpha value is -0.988. The first-order chi connectivity index (χ1) is 6.05. The molecule has 14 heavy (non-hydrogen) atoms. The first kappa shape index (κ1) is 11.1. The maximum Gasteiger partial charge on any atom is 0.295 e. The first-order valence-electron chi connectivity index (χ1n) is 3.68. The quantitative estimate of drug-likeness (QED) is 0.476. The number of fused-ring (bicyclic) bond motifs is 1. The zero-order valence-electron chi connectivity index (χ0n) is 6.93. The van der Waals surface area contributed by atoms with Crippen molar-refractivity contribution in [3.8, 4) is 0 Å². The molecule has 1 aromatic rings. The molecule has 72 valence electrons. The molecule has 2 rings (SSSR count). The normalized spacial score (nSPS) is 17.6. The van der Waals surface area contributed by atoms with Gasteiger partial charge in [-0.3, -0.25) is 9.59 Å². The largest absolute Gasteiger partial charge is 0.353 e. The Morgan fingerprint density at radius 3 is 1.64 bits per heavy atom. The van der Waals surface area contributed by atoms with Crippen LogP contribution in [-0.2, 0) is 17.4 Å². The number of benzene rings is 1. The van der Waals surface area contributed by atoms with E-state index in [2.05, 4.69) is 0 Å². The van der Waals surface area contributed by atoms with Crippen LogP contribution in [0.2, 0.25) is 0 Å². The van der Waals surface area contributed by atoms with Crippen LogP contribution in [0, 0.1) is 0 Å². The summed E-state index contributed by atoms with van der Waals surface area (Å²) < 4.78 is 0. The Morgan fingerprint density at radius 2 is 1.29 bits per heavy atom. The van der Waals surface area contributed by atoms with Gasteiger partial charge in [-0.25, -0.2) is 0 Å². The van der Waals surface area contributed by atoms with Gasteiger partial charge < -0.3 is 10.2 Å². The van der Waals surface area contributed by atoms with E-state index in [1.54, 1.807) is 12.1 Å². The smallest absolute Gasteiger partial charge is 0.295 e. The third-order valence-corrected chi connectivity index (χ3v) is 2.05. The number of carbonyl (C=O) groups excluding carboxylic acids is 2. The zero-order chi connectivity index (χ0) is 9.64. The molecule has 1 aliphatic carbocycles. The van der Waals surface area contributed by atoms with Gasteiger partial charge in [0.15, 0.2) is 0 Å². The molecule has 1 aliphatic rings. The molecule has 1 aromatic carbocycles. The molecule has 0 unspecified atom stereocenters. The fraction of sp³-hybridized carbons (Fsp3) is 0.111. The van der Waals surface area contributed by atoms with Crippen molar-refractivity contribution >= 4 is 11.6 Å². The molecule has 0 radical (unpaired) electrons. The van der Waals surface area contributed by atoms with E-state index in [1.165, 1.54) is 12.1 Å². The Bertz CT molecular complexity index is 374. The summed E-state index contributed by atoms with van der Waals surface area (Å²) >= 11 is 0. The van der Waals surface area contributed by atoms with Gasteiger partial charge in [-0.1, -0.05) is 24.3 Å². The molecule has 0 heterocycles. The van der Waals surface area contributed by atoms with Crippen LogP contribution in [0.1, 0.15) is 20.7 Å². The molecule has 0 fully saturated rings. The van der Waals surface area contributed by atoms with Crippen molar-refractivity contribution in [2.75, 3.05) is 0 Å². The molecule has 0 aromatic heterocycles. The van der Waals surface area contributed by atoms with Gasteiger partial charge in [0.1, 0.15) is 0 Å². The molecule has 0 aliphatic heterocycles. The molecule has 0 bridgehead atoms. The average molecular weight is 230 g/mol. The fourth-order valence-corrected chi connectivity index (χ4v) is 1.36. The third-order valence-electron chi connectivity index (χ3n) is 2.05. The van der Waals surface area contributed by atoms with Crippen molar-refractivity contribution in [1.82, 2.24) is 0 Å². The van der Waals surface area contributed by atoms with Gasteiger partial charge in [0.25, 0.3) is 5.79 Å².